The lowest BCUT2D eigenvalue weighted by atomic mass is 10.2. The molecule has 11 heteroatoms. The van der Waals surface area contributed by atoms with E-state index < -0.39 is 10.8 Å². The van der Waals surface area contributed by atoms with Crippen LogP contribution in [-0.4, -0.2) is 33.1 Å². The Hall–Kier alpha value is -2.59. The minimum absolute atomic E-state index is 0.0198. The summed E-state index contributed by atoms with van der Waals surface area (Å²) in [5, 5.41) is 21.0. The van der Waals surface area contributed by atoms with Crippen LogP contribution in [0.5, 0.6) is 0 Å². The first-order valence-corrected chi connectivity index (χ1v) is 10.1. The largest absolute Gasteiger partial charge is 0.355 e. The maximum absolute atomic E-state index is 12.7. The van der Waals surface area contributed by atoms with E-state index in [0.717, 1.165) is 23.7 Å². The van der Waals surface area contributed by atoms with Gasteiger partial charge in [-0.25, -0.2) is 4.68 Å². The van der Waals surface area contributed by atoms with E-state index >= 15 is 0 Å². The maximum Gasteiger partial charge on any atom is 0.288 e. The van der Waals surface area contributed by atoms with Gasteiger partial charge in [-0.2, -0.15) is 16.9 Å². The number of nitro benzene ring substituents is 1. The molecule has 1 aromatic heterocycles. The number of carbonyl (C=O) groups excluding carboxylic acids is 2. The van der Waals surface area contributed by atoms with Gasteiger partial charge in [0.25, 0.3) is 11.6 Å². The Morgan fingerprint density at radius 2 is 2.18 bits per heavy atom. The highest BCUT2D eigenvalue weighted by molar-refractivity contribution is 7.98. The lowest BCUT2D eigenvalue weighted by Crippen LogP contribution is -2.29. The quantitative estimate of drug-likeness (QED) is 0.522. The van der Waals surface area contributed by atoms with Gasteiger partial charge in [0, 0.05) is 35.2 Å². The lowest BCUT2D eigenvalue weighted by molar-refractivity contribution is -0.384. The Labute approximate surface area is 170 Å². The van der Waals surface area contributed by atoms with Crippen LogP contribution in [0.2, 0.25) is 5.02 Å². The molecule has 28 heavy (non-hydrogen) atoms. The minimum Gasteiger partial charge on any atom is -0.355 e. The van der Waals surface area contributed by atoms with Crippen molar-refractivity contribution in [3.8, 4) is 0 Å². The van der Waals surface area contributed by atoms with Crippen LogP contribution in [0.4, 0.5) is 11.5 Å². The molecule has 9 nitrogen and oxygen atoms in total. The van der Waals surface area contributed by atoms with Gasteiger partial charge in [-0.3, -0.25) is 19.7 Å². The predicted octanol–water partition coefficient (Wildman–Crippen LogP) is 2.97. The molecule has 0 unspecified atom stereocenters. The normalized spacial score (nSPS) is 12.5. The van der Waals surface area contributed by atoms with Crippen LogP contribution in [0.15, 0.2) is 18.2 Å². The van der Waals surface area contributed by atoms with Gasteiger partial charge < -0.3 is 10.6 Å². The summed E-state index contributed by atoms with van der Waals surface area (Å²) < 4.78 is 1.47. The van der Waals surface area contributed by atoms with E-state index in [9.17, 15) is 19.7 Å². The first kappa shape index (κ1) is 20.2. The number of nitrogens with zero attached hydrogens (tertiary/aromatic N) is 3. The number of nitro groups is 1. The molecule has 2 amide bonds. The lowest BCUT2D eigenvalue weighted by Gasteiger charge is -2.11. The van der Waals surface area contributed by atoms with Crippen LogP contribution in [0.1, 0.15) is 35.0 Å². The van der Waals surface area contributed by atoms with Gasteiger partial charge in [-0.1, -0.05) is 18.5 Å². The molecule has 0 atom stereocenters. The number of aromatic nitrogens is 2. The molecule has 2 aromatic rings. The molecule has 2 N–H and O–H groups in total. The minimum atomic E-state index is -0.643. The van der Waals surface area contributed by atoms with Crippen molar-refractivity contribution in [2.24, 2.45) is 0 Å². The molecule has 0 fully saturated rings. The number of carbonyl (C=O) groups is 2. The van der Waals surface area contributed by atoms with Crippen molar-refractivity contribution >= 4 is 46.7 Å². The van der Waals surface area contributed by atoms with Crippen LogP contribution in [-0.2, 0) is 22.8 Å². The Kier molecular flexibility index (Phi) is 6.20. The number of nitrogens with one attached hydrogen (secondary N) is 2. The molecule has 1 aliphatic rings. The number of halogens is 1. The van der Waals surface area contributed by atoms with Gasteiger partial charge in [0.05, 0.1) is 10.6 Å². The monoisotopic (exact) mass is 423 g/mol. The second-order valence-electron chi connectivity index (χ2n) is 6.15. The summed E-state index contributed by atoms with van der Waals surface area (Å²) in [6.07, 6.45) is 0.816. The number of hydrogen-bond acceptors (Lipinski definition) is 6. The molecular weight excluding hydrogens is 406 g/mol. The molecule has 0 bridgehead atoms. The van der Waals surface area contributed by atoms with E-state index in [2.05, 4.69) is 15.7 Å². The Morgan fingerprint density at radius 1 is 1.39 bits per heavy atom. The molecule has 148 valence electrons. The van der Waals surface area contributed by atoms with E-state index in [4.69, 9.17) is 11.6 Å². The van der Waals surface area contributed by atoms with E-state index in [1.807, 2.05) is 6.92 Å². The molecule has 0 aliphatic carbocycles. The summed E-state index contributed by atoms with van der Waals surface area (Å²) in [6, 6.07) is 3.85. The highest BCUT2D eigenvalue weighted by Crippen LogP contribution is 2.35. The third kappa shape index (κ3) is 4.28. The van der Waals surface area contributed by atoms with Crippen molar-refractivity contribution in [1.82, 2.24) is 15.1 Å². The number of rotatable bonds is 7. The third-order valence-corrected chi connectivity index (χ3v) is 5.41. The number of fused-ring (bicyclic) bond motifs is 1. The highest BCUT2D eigenvalue weighted by Gasteiger charge is 2.26. The second-order valence-corrected chi connectivity index (χ2v) is 7.54. The van der Waals surface area contributed by atoms with Crippen molar-refractivity contribution in [3.05, 3.63) is 50.2 Å². The fourth-order valence-electron chi connectivity index (χ4n) is 2.75. The number of amides is 2. The Balaban J connectivity index is 1.85. The first-order valence-electron chi connectivity index (χ1n) is 8.59. The van der Waals surface area contributed by atoms with Gasteiger partial charge in [-0.15, -0.1) is 0 Å². The molecule has 3 rings (SSSR count). The molecular formula is C17H18ClN5O4S. The van der Waals surface area contributed by atoms with E-state index in [1.54, 1.807) is 11.8 Å². The summed E-state index contributed by atoms with van der Waals surface area (Å²) in [4.78, 5) is 35.2. The zero-order valence-electron chi connectivity index (χ0n) is 15.0. The van der Waals surface area contributed by atoms with E-state index in [1.165, 1.54) is 16.8 Å². The van der Waals surface area contributed by atoms with E-state index in [0.29, 0.717) is 23.9 Å². The first-order chi connectivity index (χ1) is 13.4. The van der Waals surface area contributed by atoms with E-state index in [-0.39, 0.29) is 28.7 Å². The molecule has 0 spiro atoms. The van der Waals surface area contributed by atoms with Crippen LogP contribution < -0.4 is 10.6 Å². The summed E-state index contributed by atoms with van der Waals surface area (Å²) in [7, 11) is 0. The predicted molar refractivity (Wildman–Crippen MR) is 107 cm³/mol. The third-order valence-electron chi connectivity index (χ3n) is 4.12. The van der Waals surface area contributed by atoms with Crippen LogP contribution in [0, 0.1) is 10.1 Å². The van der Waals surface area contributed by atoms with Crippen LogP contribution in [0.3, 0.4) is 0 Å². The average Bonchev–Trinajstić information content (AvgIpc) is 3.22. The maximum atomic E-state index is 12.7. The zero-order valence-corrected chi connectivity index (χ0v) is 16.6. The smallest absolute Gasteiger partial charge is 0.288 e. The van der Waals surface area contributed by atoms with Crippen molar-refractivity contribution < 1.29 is 14.5 Å². The Bertz CT molecular complexity index is 946. The van der Waals surface area contributed by atoms with Crippen LogP contribution >= 0.6 is 23.4 Å². The average molecular weight is 424 g/mol. The summed E-state index contributed by atoms with van der Waals surface area (Å²) in [6.45, 7) is 2.50. The van der Waals surface area contributed by atoms with Crippen molar-refractivity contribution in [2.45, 2.75) is 31.4 Å². The summed E-state index contributed by atoms with van der Waals surface area (Å²) in [5.41, 5.74) is 1.44. The molecule has 0 radical (unpaired) electrons. The van der Waals surface area contributed by atoms with Gasteiger partial charge >= 0.3 is 0 Å². The van der Waals surface area contributed by atoms with Gasteiger partial charge in [-0.05, 0) is 18.6 Å². The number of thioether (sulfide) groups is 1. The Morgan fingerprint density at radius 3 is 2.89 bits per heavy atom. The number of anilines is 1. The second kappa shape index (κ2) is 8.61. The van der Waals surface area contributed by atoms with Crippen molar-refractivity contribution in [1.29, 1.82) is 0 Å². The van der Waals surface area contributed by atoms with Crippen LogP contribution in [0.25, 0.3) is 0 Å². The SMILES string of the molecule is CCCNC(=O)Cn1nc2c(c1NC(=O)c1ccc(Cl)c([N+](=O)[O-])c1)CSC2. The van der Waals surface area contributed by atoms with Gasteiger partial charge in [0.15, 0.2) is 0 Å². The highest BCUT2D eigenvalue weighted by atomic mass is 35.5. The zero-order chi connectivity index (χ0) is 20.3. The fourth-order valence-corrected chi connectivity index (χ4v) is 3.97. The number of hydrogen-bond donors (Lipinski definition) is 2. The molecule has 1 aliphatic heterocycles. The fraction of sp³-hybridized carbons (Fsp3) is 0.353. The molecule has 1 aromatic carbocycles. The topological polar surface area (TPSA) is 119 Å². The van der Waals surface area contributed by atoms with Gasteiger partial charge in [0.2, 0.25) is 5.91 Å². The number of benzene rings is 1. The molecule has 2 heterocycles. The summed E-state index contributed by atoms with van der Waals surface area (Å²) in [5.74, 6) is 1.08. The standard InChI is InChI=1S/C17H18ClN5O4S/c1-2-5-19-15(24)7-22-16(11-8-28-9-13(11)21-22)20-17(25)10-3-4-12(18)14(6-10)23(26)27/h3-4,6H,2,5,7-9H2,1H3,(H,19,24)(H,20,25). The summed E-state index contributed by atoms with van der Waals surface area (Å²) >= 11 is 7.47. The molecule has 0 saturated heterocycles. The molecule has 0 saturated carbocycles. The van der Waals surface area contributed by atoms with Gasteiger partial charge in [0.1, 0.15) is 17.4 Å². The van der Waals surface area contributed by atoms with Crippen molar-refractivity contribution in [3.63, 3.8) is 0 Å². The van der Waals surface area contributed by atoms with Crippen molar-refractivity contribution in [2.75, 3.05) is 11.9 Å².